The zero-order chi connectivity index (χ0) is 7.94. The summed E-state index contributed by atoms with van der Waals surface area (Å²) in [6, 6.07) is 0. The maximum atomic E-state index is 11.2. The van der Waals surface area contributed by atoms with E-state index >= 15 is 0 Å². The first-order chi connectivity index (χ1) is 4.54. The Hall–Kier alpha value is -0.370. The largest absolute Gasteiger partial charge is 0.370 e. The lowest BCUT2D eigenvalue weighted by molar-refractivity contribution is -0.175. The maximum absolute atomic E-state index is 11.2. The summed E-state index contributed by atoms with van der Waals surface area (Å²) in [5.41, 5.74) is -0.487. The van der Waals surface area contributed by atoms with E-state index in [1.54, 1.807) is 7.11 Å². The molecule has 2 heteroatoms. The monoisotopic (exact) mass is 142 g/mol. The Morgan fingerprint density at radius 1 is 1.50 bits per heavy atom. The molecule has 1 rings (SSSR count). The molecule has 1 fully saturated rings. The second kappa shape index (κ2) is 2.06. The first kappa shape index (κ1) is 7.73. The molecular weight excluding hydrogens is 128 g/mol. The Kier molecular flexibility index (Phi) is 1.59. The standard InChI is InChI=1S/C8H14O2/c1-5-6(2)8(3,10-4)7(5)9/h5-6H,1-4H3/t5-,6+,8-/m1/s1. The van der Waals surface area contributed by atoms with Gasteiger partial charge in [-0.1, -0.05) is 13.8 Å². The first-order valence-electron chi connectivity index (χ1n) is 3.63. The fourth-order valence-corrected chi connectivity index (χ4v) is 1.57. The van der Waals surface area contributed by atoms with E-state index in [0.29, 0.717) is 5.92 Å². The molecule has 1 aliphatic carbocycles. The SMILES string of the molecule is CO[C@@]1(C)C(=O)[C@H](C)[C@@H]1C. The van der Waals surface area contributed by atoms with Crippen molar-refractivity contribution in [3.05, 3.63) is 0 Å². The van der Waals surface area contributed by atoms with Gasteiger partial charge in [0.15, 0.2) is 5.78 Å². The van der Waals surface area contributed by atoms with E-state index in [-0.39, 0.29) is 11.7 Å². The topological polar surface area (TPSA) is 26.3 Å². The highest BCUT2D eigenvalue weighted by atomic mass is 16.5. The van der Waals surface area contributed by atoms with Crippen LogP contribution in [0.3, 0.4) is 0 Å². The number of carbonyl (C=O) groups is 1. The molecule has 0 aromatic heterocycles. The van der Waals surface area contributed by atoms with Gasteiger partial charge in [-0.15, -0.1) is 0 Å². The average Bonchev–Trinajstić information content (AvgIpc) is 2.00. The second-order valence-electron chi connectivity index (χ2n) is 3.25. The van der Waals surface area contributed by atoms with Crippen LogP contribution in [0.2, 0.25) is 0 Å². The highest BCUT2D eigenvalue weighted by molar-refractivity contribution is 5.95. The summed E-state index contributed by atoms with van der Waals surface area (Å²) < 4.78 is 5.12. The van der Waals surface area contributed by atoms with E-state index in [1.807, 2.05) is 13.8 Å². The van der Waals surface area contributed by atoms with Crippen LogP contribution in [0, 0.1) is 11.8 Å². The quantitative estimate of drug-likeness (QED) is 0.550. The minimum Gasteiger partial charge on any atom is -0.370 e. The second-order valence-corrected chi connectivity index (χ2v) is 3.25. The van der Waals surface area contributed by atoms with Crippen LogP contribution in [0.5, 0.6) is 0 Å². The van der Waals surface area contributed by atoms with Gasteiger partial charge in [-0.2, -0.15) is 0 Å². The van der Waals surface area contributed by atoms with Crippen molar-refractivity contribution < 1.29 is 9.53 Å². The van der Waals surface area contributed by atoms with Crippen molar-refractivity contribution in [2.45, 2.75) is 26.4 Å². The first-order valence-corrected chi connectivity index (χ1v) is 3.63. The van der Waals surface area contributed by atoms with Crippen molar-refractivity contribution in [1.29, 1.82) is 0 Å². The molecule has 1 aliphatic rings. The summed E-state index contributed by atoms with van der Waals surface area (Å²) in [4.78, 5) is 11.2. The maximum Gasteiger partial charge on any atom is 0.167 e. The Bertz CT molecular complexity index is 165. The number of ketones is 1. The van der Waals surface area contributed by atoms with Gasteiger partial charge in [0.25, 0.3) is 0 Å². The predicted molar refractivity (Wildman–Crippen MR) is 38.7 cm³/mol. The zero-order valence-corrected chi connectivity index (χ0v) is 6.97. The van der Waals surface area contributed by atoms with Crippen molar-refractivity contribution in [3.63, 3.8) is 0 Å². The van der Waals surface area contributed by atoms with Crippen LogP contribution >= 0.6 is 0 Å². The summed E-state index contributed by atoms with van der Waals surface area (Å²) in [5, 5.41) is 0. The van der Waals surface area contributed by atoms with E-state index in [1.165, 1.54) is 0 Å². The van der Waals surface area contributed by atoms with Crippen LogP contribution in [0.1, 0.15) is 20.8 Å². The number of hydrogen-bond acceptors (Lipinski definition) is 2. The van der Waals surface area contributed by atoms with Gasteiger partial charge < -0.3 is 4.74 Å². The molecule has 0 aliphatic heterocycles. The van der Waals surface area contributed by atoms with Crippen molar-refractivity contribution >= 4 is 5.78 Å². The third kappa shape index (κ3) is 0.655. The lowest BCUT2D eigenvalue weighted by Gasteiger charge is -2.47. The molecule has 0 amide bonds. The summed E-state index contributed by atoms with van der Waals surface area (Å²) in [6.45, 7) is 5.86. The lowest BCUT2D eigenvalue weighted by atomic mass is 9.62. The molecule has 0 radical (unpaired) electrons. The van der Waals surface area contributed by atoms with Gasteiger partial charge in [0.2, 0.25) is 0 Å². The van der Waals surface area contributed by atoms with Crippen LogP contribution in [0.25, 0.3) is 0 Å². The van der Waals surface area contributed by atoms with Crippen LogP contribution in [-0.2, 0) is 9.53 Å². The van der Waals surface area contributed by atoms with E-state index in [0.717, 1.165) is 0 Å². The van der Waals surface area contributed by atoms with Gasteiger partial charge in [0.05, 0.1) is 0 Å². The van der Waals surface area contributed by atoms with E-state index in [9.17, 15) is 4.79 Å². The van der Waals surface area contributed by atoms with Crippen molar-refractivity contribution in [2.24, 2.45) is 11.8 Å². The average molecular weight is 142 g/mol. The summed E-state index contributed by atoms with van der Waals surface area (Å²) in [6.07, 6.45) is 0. The molecule has 1 saturated carbocycles. The highest BCUT2D eigenvalue weighted by Crippen LogP contribution is 2.41. The molecule has 3 atom stereocenters. The number of hydrogen-bond donors (Lipinski definition) is 0. The van der Waals surface area contributed by atoms with Gasteiger partial charge in [-0.25, -0.2) is 0 Å². The Morgan fingerprint density at radius 2 is 2.00 bits per heavy atom. The molecule has 0 heterocycles. The third-order valence-electron chi connectivity index (χ3n) is 2.95. The molecule has 0 aromatic rings. The molecule has 0 N–H and O–H groups in total. The summed E-state index contributed by atoms with van der Waals surface area (Å²) in [5.74, 6) is 0.789. The smallest absolute Gasteiger partial charge is 0.167 e. The van der Waals surface area contributed by atoms with Crippen LogP contribution in [-0.4, -0.2) is 18.5 Å². The number of ether oxygens (including phenoxy) is 1. The van der Waals surface area contributed by atoms with E-state index in [4.69, 9.17) is 4.74 Å². The van der Waals surface area contributed by atoms with Gasteiger partial charge in [-0.3, -0.25) is 4.79 Å². The number of Topliss-reactive ketones (excluding diaryl/α,β-unsaturated/α-hetero) is 1. The molecule has 0 saturated heterocycles. The van der Waals surface area contributed by atoms with Gasteiger partial charge in [0, 0.05) is 18.9 Å². The lowest BCUT2D eigenvalue weighted by Crippen LogP contribution is -2.60. The highest BCUT2D eigenvalue weighted by Gasteiger charge is 2.54. The van der Waals surface area contributed by atoms with Gasteiger partial charge in [0.1, 0.15) is 5.60 Å². The molecule has 0 spiro atoms. The Balaban J connectivity index is 2.74. The minimum absolute atomic E-state index is 0.185. The number of methoxy groups -OCH3 is 1. The molecule has 2 nitrogen and oxygen atoms in total. The van der Waals surface area contributed by atoms with Crippen molar-refractivity contribution in [2.75, 3.05) is 7.11 Å². The van der Waals surface area contributed by atoms with Crippen LogP contribution in [0.15, 0.2) is 0 Å². The normalized spacial score (nSPS) is 47.0. The van der Waals surface area contributed by atoms with Gasteiger partial charge in [-0.05, 0) is 6.92 Å². The zero-order valence-electron chi connectivity index (χ0n) is 6.97. The molecular formula is C8H14O2. The van der Waals surface area contributed by atoms with Crippen LogP contribution < -0.4 is 0 Å². The molecule has 58 valence electrons. The minimum atomic E-state index is -0.487. The Labute approximate surface area is 61.6 Å². The molecule has 0 bridgehead atoms. The van der Waals surface area contributed by atoms with Gasteiger partial charge >= 0.3 is 0 Å². The summed E-state index contributed by atoms with van der Waals surface area (Å²) in [7, 11) is 1.60. The fraction of sp³-hybridized carbons (Fsp3) is 0.875. The predicted octanol–water partition coefficient (Wildman–Crippen LogP) is 1.25. The number of carbonyl (C=O) groups excluding carboxylic acids is 1. The molecule has 0 unspecified atom stereocenters. The van der Waals surface area contributed by atoms with E-state index < -0.39 is 5.60 Å². The van der Waals surface area contributed by atoms with Crippen LogP contribution in [0.4, 0.5) is 0 Å². The third-order valence-corrected chi connectivity index (χ3v) is 2.95. The molecule has 10 heavy (non-hydrogen) atoms. The molecule has 0 aromatic carbocycles. The fourth-order valence-electron chi connectivity index (χ4n) is 1.57. The summed E-state index contributed by atoms with van der Waals surface area (Å²) >= 11 is 0. The van der Waals surface area contributed by atoms with Crippen molar-refractivity contribution in [3.8, 4) is 0 Å². The van der Waals surface area contributed by atoms with Crippen molar-refractivity contribution in [1.82, 2.24) is 0 Å². The number of rotatable bonds is 1. The Morgan fingerprint density at radius 3 is 2.20 bits per heavy atom. The van der Waals surface area contributed by atoms with E-state index in [2.05, 4.69) is 6.92 Å².